The topological polar surface area (TPSA) is 24.9 Å². The van der Waals surface area contributed by atoms with Crippen LogP contribution in [0.25, 0.3) is 0 Å². The van der Waals surface area contributed by atoms with Crippen molar-refractivity contribution in [2.45, 2.75) is 19.4 Å². The minimum absolute atomic E-state index is 0.893. The molecule has 0 aliphatic heterocycles. The van der Waals surface area contributed by atoms with E-state index in [0.717, 1.165) is 29.2 Å². The highest BCUT2D eigenvalue weighted by Crippen LogP contribution is 2.27. The number of hydrogen-bond acceptors (Lipinski definition) is 2. The van der Waals surface area contributed by atoms with Gasteiger partial charge in [0.15, 0.2) is 0 Å². The van der Waals surface area contributed by atoms with Crippen LogP contribution in [0.5, 0.6) is 0 Å². The first-order valence-electron chi connectivity index (χ1n) is 4.66. The lowest BCUT2D eigenvalue weighted by molar-refractivity contribution is 0.630. The summed E-state index contributed by atoms with van der Waals surface area (Å²) in [5.74, 6) is 0.940. The van der Waals surface area contributed by atoms with Gasteiger partial charge in [0.25, 0.3) is 0 Å². The molecule has 1 aliphatic rings. The van der Waals surface area contributed by atoms with E-state index in [1.165, 1.54) is 12.8 Å². The van der Waals surface area contributed by atoms with Gasteiger partial charge in [-0.3, -0.25) is 4.98 Å². The number of nitrogens with zero attached hydrogens (tertiary/aromatic N) is 1. The van der Waals surface area contributed by atoms with Crippen molar-refractivity contribution in [2.75, 3.05) is 6.54 Å². The van der Waals surface area contributed by atoms with Crippen molar-refractivity contribution in [3.63, 3.8) is 0 Å². The predicted molar refractivity (Wildman–Crippen MR) is 56.4 cm³/mol. The molecule has 1 aromatic rings. The summed E-state index contributed by atoms with van der Waals surface area (Å²) in [4.78, 5) is 4.29. The highest BCUT2D eigenvalue weighted by molar-refractivity contribution is 9.10. The average Bonchev–Trinajstić information content (AvgIpc) is 2.92. The Hall–Kier alpha value is -0.410. The zero-order valence-corrected chi connectivity index (χ0v) is 9.05. The third kappa shape index (κ3) is 3.08. The second-order valence-electron chi connectivity index (χ2n) is 3.54. The quantitative estimate of drug-likeness (QED) is 0.875. The fourth-order valence-electron chi connectivity index (χ4n) is 1.24. The van der Waals surface area contributed by atoms with Crippen LogP contribution in [0, 0.1) is 5.92 Å². The SMILES string of the molecule is Brc1ccc(CNCC2CC2)nc1. The van der Waals surface area contributed by atoms with E-state index in [9.17, 15) is 0 Å². The Labute approximate surface area is 86.9 Å². The lowest BCUT2D eigenvalue weighted by Gasteiger charge is -2.02. The maximum absolute atomic E-state index is 4.29. The van der Waals surface area contributed by atoms with E-state index in [2.05, 4.69) is 26.2 Å². The summed E-state index contributed by atoms with van der Waals surface area (Å²) >= 11 is 3.36. The smallest absolute Gasteiger partial charge is 0.0542 e. The van der Waals surface area contributed by atoms with Gasteiger partial charge in [-0.25, -0.2) is 0 Å². The third-order valence-corrected chi connectivity index (χ3v) is 2.69. The van der Waals surface area contributed by atoms with Crippen LogP contribution in [0.4, 0.5) is 0 Å². The van der Waals surface area contributed by atoms with Crippen LogP contribution in [-0.4, -0.2) is 11.5 Å². The Balaban J connectivity index is 1.76. The van der Waals surface area contributed by atoms with Crippen LogP contribution in [0.1, 0.15) is 18.5 Å². The first-order chi connectivity index (χ1) is 6.34. The Kier molecular flexibility index (Phi) is 2.96. The molecule has 0 bridgehead atoms. The molecule has 13 heavy (non-hydrogen) atoms. The third-order valence-electron chi connectivity index (χ3n) is 2.22. The van der Waals surface area contributed by atoms with Crippen LogP contribution in [0.3, 0.4) is 0 Å². The van der Waals surface area contributed by atoms with E-state index in [-0.39, 0.29) is 0 Å². The molecule has 0 unspecified atom stereocenters. The van der Waals surface area contributed by atoms with Crippen LogP contribution in [-0.2, 0) is 6.54 Å². The minimum Gasteiger partial charge on any atom is -0.311 e. The maximum atomic E-state index is 4.29. The molecule has 1 heterocycles. The number of halogens is 1. The molecule has 1 aromatic heterocycles. The predicted octanol–water partition coefficient (Wildman–Crippen LogP) is 2.34. The summed E-state index contributed by atoms with van der Waals surface area (Å²) in [6.45, 7) is 2.04. The average molecular weight is 241 g/mol. The van der Waals surface area contributed by atoms with Crippen molar-refractivity contribution in [1.82, 2.24) is 10.3 Å². The van der Waals surface area contributed by atoms with Crippen molar-refractivity contribution in [3.8, 4) is 0 Å². The highest BCUT2D eigenvalue weighted by Gasteiger charge is 2.20. The Morgan fingerprint density at radius 1 is 1.46 bits per heavy atom. The number of pyridine rings is 1. The summed E-state index contributed by atoms with van der Waals surface area (Å²) in [6.07, 6.45) is 4.65. The van der Waals surface area contributed by atoms with Crippen LogP contribution in [0.15, 0.2) is 22.8 Å². The lowest BCUT2D eigenvalue weighted by atomic mass is 10.3. The normalized spacial score (nSPS) is 16.1. The van der Waals surface area contributed by atoms with E-state index >= 15 is 0 Å². The second kappa shape index (κ2) is 4.20. The molecule has 2 nitrogen and oxygen atoms in total. The zero-order chi connectivity index (χ0) is 9.10. The van der Waals surface area contributed by atoms with E-state index in [4.69, 9.17) is 0 Å². The number of rotatable bonds is 4. The molecule has 0 radical (unpaired) electrons. The Bertz CT molecular complexity index is 267. The van der Waals surface area contributed by atoms with Crippen LogP contribution in [0.2, 0.25) is 0 Å². The van der Waals surface area contributed by atoms with E-state index in [1.54, 1.807) is 0 Å². The van der Waals surface area contributed by atoms with Crippen molar-refractivity contribution in [1.29, 1.82) is 0 Å². The van der Waals surface area contributed by atoms with E-state index in [1.807, 2.05) is 18.3 Å². The molecule has 1 fully saturated rings. The molecule has 0 amide bonds. The maximum Gasteiger partial charge on any atom is 0.0542 e. The number of nitrogens with one attached hydrogen (secondary N) is 1. The van der Waals surface area contributed by atoms with Gasteiger partial charge in [-0.15, -0.1) is 0 Å². The molecular weight excluding hydrogens is 228 g/mol. The van der Waals surface area contributed by atoms with E-state index in [0.29, 0.717) is 0 Å². The van der Waals surface area contributed by atoms with Gasteiger partial charge < -0.3 is 5.32 Å². The zero-order valence-electron chi connectivity index (χ0n) is 7.46. The first kappa shape index (κ1) is 9.16. The van der Waals surface area contributed by atoms with Gasteiger partial charge in [0.2, 0.25) is 0 Å². The fraction of sp³-hybridized carbons (Fsp3) is 0.500. The number of hydrogen-bond donors (Lipinski definition) is 1. The number of aromatic nitrogens is 1. The van der Waals surface area contributed by atoms with Gasteiger partial charge in [-0.05, 0) is 53.4 Å². The molecule has 70 valence electrons. The minimum atomic E-state index is 0.893. The standard InChI is InChI=1S/C10H13BrN2/c11-9-3-4-10(13-6-9)7-12-5-8-1-2-8/h3-4,6,8,12H,1-2,5,7H2. The monoisotopic (exact) mass is 240 g/mol. The fourth-order valence-corrected chi connectivity index (χ4v) is 1.47. The molecule has 2 rings (SSSR count). The Morgan fingerprint density at radius 2 is 2.31 bits per heavy atom. The summed E-state index contributed by atoms with van der Waals surface area (Å²) in [7, 11) is 0. The second-order valence-corrected chi connectivity index (χ2v) is 4.46. The summed E-state index contributed by atoms with van der Waals surface area (Å²) in [6, 6.07) is 4.07. The molecule has 1 aliphatic carbocycles. The van der Waals surface area contributed by atoms with Gasteiger partial charge in [0, 0.05) is 17.2 Å². The van der Waals surface area contributed by atoms with Crippen LogP contribution >= 0.6 is 15.9 Å². The van der Waals surface area contributed by atoms with Crippen molar-refractivity contribution in [2.24, 2.45) is 5.92 Å². The largest absolute Gasteiger partial charge is 0.311 e. The van der Waals surface area contributed by atoms with Crippen molar-refractivity contribution >= 4 is 15.9 Å². The summed E-state index contributed by atoms with van der Waals surface area (Å²) in [5, 5.41) is 3.41. The highest BCUT2D eigenvalue weighted by atomic mass is 79.9. The molecule has 0 saturated heterocycles. The summed E-state index contributed by atoms with van der Waals surface area (Å²) in [5.41, 5.74) is 1.11. The molecule has 1 N–H and O–H groups in total. The Morgan fingerprint density at radius 3 is 2.92 bits per heavy atom. The summed E-state index contributed by atoms with van der Waals surface area (Å²) < 4.78 is 1.04. The lowest BCUT2D eigenvalue weighted by Crippen LogP contribution is -2.16. The van der Waals surface area contributed by atoms with Gasteiger partial charge >= 0.3 is 0 Å². The van der Waals surface area contributed by atoms with Crippen molar-refractivity contribution < 1.29 is 0 Å². The first-order valence-corrected chi connectivity index (χ1v) is 5.45. The van der Waals surface area contributed by atoms with E-state index < -0.39 is 0 Å². The van der Waals surface area contributed by atoms with Gasteiger partial charge in [0.1, 0.15) is 0 Å². The van der Waals surface area contributed by atoms with Crippen LogP contribution < -0.4 is 5.32 Å². The van der Waals surface area contributed by atoms with Crippen molar-refractivity contribution in [3.05, 3.63) is 28.5 Å². The van der Waals surface area contributed by atoms with Gasteiger partial charge in [-0.2, -0.15) is 0 Å². The molecule has 1 saturated carbocycles. The molecular formula is C10H13BrN2. The van der Waals surface area contributed by atoms with Gasteiger partial charge in [-0.1, -0.05) is 0 Å². The molecule has 0 atom stereocenters. The molecule has 0 spiro atoms. The molecule has 3 heteroatoms. The molecule has 0 aromatic carbocycles. The van der Waals surface area contributed by atoms with Gasteiger partial charge in [0.05, 0.1) is 5.69 Å².